The third-order valence-electron chi connectivity index (χ3n) is 2.57. The number of halogens is 1. The molecule has 0 unspecified atom stereocenters. The first-order valence-electron chi connectivity index (χ1n) is 5.38. The number of nitrogens with two attached hydrogens (primary N) is 1. The Morgan fingerprint density at radius 2 is 1.83 bits per heavy atom. The van der Waals surface area contributed by atoms with E-state index in [9.17, 15) is 0 Å². The topological polar surface area (TPSA) is 73.9 Å². The van der Waals surface area contributed by atoms with Gasteiger partial charge in [0.1, 0.15) is 5.75 Å². The number of hydrogen-bond acceptors (Lipinski definition) is 5. The lowest BCUT2D eigenvalue weighted by molar-refractivity contribution is 0.437. The van der Waals surface area contributed by atoms with Crippen molar-refractivity contribution < 1.29 is 4.74 Å². The smallest absolute Gasteiger partial charge is 0.328 e. The Bertz CT molecular complexity index is 581. The van der Waals surface area contributed by atoms with E-state index in [2.05, 4.69) is 21.0 Å². The first-order chi connectivity index (χ1) is 8.45. The Labute approximate surface area is 110 Å². The second-order valence-electron chi connectivity index (χ2n) is 4.05. The molecule has 0 saturated carbocycles. The Kier molecular flexibility index (Phi) is 3.34. The third-order valence-corrected chi connectivity index (χ3v) is 2.74. The molecule has 2 aromatic rings. The number of aryl methyl sites for hydroxylation is 2. The highest BCUT2D eigenvalue weighted by Gasteiger charge is 2.09. The molecule has 18 heavy (non-hydrogen) atoms. The summed E-state index contributed by atoms with van der Waals surface area (Å²) in [6.07, 6.45) is 0. The zero-order valence-electron chi connectivity index (χ0n) is 10.4. The minimum absolute atomic E-state index is 0.0135. The number of aromatic nitrogens is 3. The van der Waals surface area contributed by atoms with Crippen LogP contribution in [0.4, 0.5) is 5.95 Å². The molecular weight excluding hydrogens is 252 g/mol. The summed E-state index contributed by atoms with van der Waals surface area (Å²) in [6.45, 7) is 5.98. The lowest BCUT2D eigenvalue weighted by atomic mass is 10.1. The molecule has 0 fully saturated rings. The van der Waals surface area contributed by atoms with Crippen LogP contribution in [0.25, 0.3) is 0 Å². The van der Waals surface area contributed by atoms with Crippen molar-refractivity contribution in [3.8, 4) is 11.8 Å². The van der Waals surface area contributed by atoms with Crippen LogP contribution in [-0.2, 0) is 0 Å². The van der Waals surface area contributed by atoms with E-state index in [0.717, 1.165) is 16.7 Å². The van der Waals surface area contributed by atoms with Crippen LogP contribution in [0.5, 0.6) is 11.8 Å². The Balaban J connectivity index is 2.39. The summed E-state index contributed by atoms with van der Waals surface area (Å²) in [5.74, 6) is 0.723. The molecule has 0 aliphatic rings. The second-order valence-corrected chi connectivity index (χ2v) is 4.39. The molecule has 1 aromatic heterocycles. The highest BCUT2D eigenvalue weighted by molar-refractivity contribution is 6.28. The number of hydrogen-bond donors (Lipinski definition) is 1. The normalized spacial score (nSPS) is 10.4. The van der Waals surface area contributed by atoms with Gasteiger partial charge in [-0.1, -0.05) is 6.07 Å². The maximum absolute atomic E-state index is 5.70. The summed E-state index contributed by atoms with van der Waals surface area (Å²) in [4.78, 5) is 11.4. The quantitative estimate of drug-likeness (QED) is 0.903. The van der Waals surface area contributed by atoms with E-state index in [1.807, 2.05) is 26.8 Å². The fraction of sp³-hybridized carbons (Fsp3) is 0.250. The first kappa shape index (κ1) is 12.6. The van der Waals surface area contributed by atoms with Gasteiger partial charge in [-0.3, -0.25) is 0 Å². The van der Waals surface area contributed by atoms with Crippen LogP contribution in [0.3, 0.4) is 0 Å². The van der Waals surface area contributed by atoms with E-state index in [-0.39, 0.29) is 17.2 Å². The molecule has 0 aliphatic heterocycles. The fourth-order valence-corrected chi connectivity index (χ4v) is 1.76. The number of nitrogens with zero attached hydrogens (tertiary/aromatic N) is 3. The van der Waals surface area contributed by atoms with Gasteiger partial charge >= 0.3 is 6.01 Å². The van der Waals surface area contributed by atoms with Crippen molar-refractivity contribution >= 4 is 17.5 Å². The number of nitrogen functional groups attached to an aromatic ring is 1. The van der Waals surface area contributed by atoms with Crippen molar-refractivity contribution in [2.75, 3.05) is 5.73 Å². The van der Waals surface area contributed by atoms with Crippen molar-refractivity contribution in [3.63, 3.8) is 0 Å². The SMILES string of the molecule is Cc1cc(C)c(C)c(Oc2nc(N)nc(Cl)n2)c1. The van der Waals surface area contributed by atoms with Crippen molar-refractivity contribution in [2.45, 2.75) is 20.8 Å². The van der Waals surface area contributed by atoms with Gasteiger partial charge in [0.25, 0.3) is 0 Å². The number of anilines is 1. The Hall–Kier alpha value is -1.88. The van der Waals surface area contributed by atoms with E-state index in [0.29, 0.717) is 5.75 Å². The largest absolute Gasteiger partial charge is 0.424 e. The Morgan fingerprint density at radius 1 is 1.11 bits per heavy atom. The van der Waals surface area contributed by atoms with E-state index in [1.165, 1.54) is 0 Å². The third kappa shape index (κ3) is 2.68. The fourth-order valence-electron chi connectivity index (χ4n) is 1.60. The van der Waals surface area contributed by atoms with Crippen LogP contribution < -0.4 is 10.5 Å². The van der Waals surface area contributed by atoms with Gasteiger partial charge in [0, 0.05) is 0 Å². The molecule has 0 atom stereocenters. The van der Waals surface area contributed by atoms with Crippen LogP contribution in [0.15, 0.2) is 12.1 Å². The number of benzene rings is 1. The minimum atomic E-state index is 0.0135. The van der Waals surface area contributed by atoms with Gasteiger partial charge in [-0.15, -0.1) is 0 Å². The zero-order chi connectivity index (χ0) is 13.3. The molecule has 2 N–H and O–H groups in total. The van der Waals surface area contributed by atoms with Gasteiger partial charge in [-0.25, -0.2) is 0 Å². The molecule has 94 valence electrons. The predicted molar refractivity (Wildman–Crippen MR) is 70.0 cm³/mol. The standard InChI is InChI=1S/C12H13ClN4O/c1-6-4-7(2)8(3)9(5-6)18-12-16-10(13)15-11(14)17-12/h4-5H,1-3H3,(H2,14,15,16,17). The van der Waals surface area contributed by atoms with Crippen molar-refractivity contribution in [1.29, 1.82) is 0 Å². The summed E-state index contributed by atoms with van der Waals surface area (Å²) in [5, 5.41) is 0.0135. The molecule has 0 saturated heterocycles. The van der Waals surface area contributed by atoms with Crippen LogP contribution in [0.2, 0.25) is 5.28 Å². The summed E-state index contributed by atoms with van der Waals surface area (Å²) in [6, 6.07) is 4.09. The second kappa shape index (κ2) is 4.78. The van der Waals surface area contributed by atoms with Crippen molar-refractivity contribution in [3.05, 3.63) is 34.1 Å². The van der Waals surface area contributed by atoms with Gasteiger partial charge in [0.2, 0.25) is 11.2 Å². The highest BCUT2D eigenvalue weighted by Crippen LogP contribution is 2.27. The summed E-state index contributed by atoms with van der Waals surface area (Å²) < 4.78 is 5.61. The molecule has 0 aliphatic carbocycles. The average molecular weight is 265 g/mol. The van der Waals surface area contributed by atoms with E-state index in [1.54, 1.807) is 0 Å². The summed E-state index contributed by atoms with van der Waals surface area (Å²) >= 11 is 5.70. The summed E-state index contributed by atoms with van der Waals surface area (Å²) in [7, 11) is 0. The Morgan fingerprint density at radius 3 is 2.50 bits per heavy atom. The predicted octanol–water partition coefficient (Wildman–Crippen LogP) is 2.82. The van der Waals surface area contributed by atoms with Crippen LogP contribution in [0, 0.1) is 20.8 Å². The molecule has 2 rings (SSSR count). The van der Waals surface area contributed by atoms with Gasteiger partial charge < -0.3 is 10.5 Å². The van der Waals surface area contributed by atoms with Crippen LogP contribution in [0.1, 0.15) is 16.7 Å². The molecule has 0 spiro atoms. The van der Waals surface area contributed by atoms with Crippen LogP contribution in [-0.4, -0.2) is 15.0 Å². The number of rotatable bonds is 2. The average Bonchev–Trinajstić information content (AvgIpc) is 2.23. The zero-order valence-corrected chi connectivity index (χ0v) is 11.1. The number of ether oxygens (including phenoxy) is 1. The van der Waals surface area contributed by atoms with Gasteiger partial charge in [-0.2, -0.15) is 15.0 Å². The highest BCUT2D eigenvalue weighted by atomic mass is 35.5. The maximum atomic E-state index is 5.70. The molecule has 6 heteroatoms. The van der Waals surface area contributed by atoms with Gasteiger partial charge in [-0.05, 0) is 55.1 Å². The summed E-state index contributed by atoms with van der Waals surface area (Å²) in [5.41, 5.74) is 8.74. The van der Waals surface area contributed by atoms with Crippen molar-refractivity contribution in [1.82, 2.24) is 15.0 Å². The van der Waals surface area contributed by atoms with Gasteiger partial charge in [0.15, 0.2) is 0 Å². The molecule has 0 amide bonds. The molecule has 0 radical (unpaired) electrons. The van der Waals surface area contributed by atoms with Crippen molar-refractivity contribution in [2.24, 2.45) is 0 Å². The first-order valence-corrected chi connectivity index (χ1v) is 5.76. The minimum Gasteiger partial charge on any atom is -0.424 e. The van der Waals surface area contributed by atoms with E-state index in [4.69, 9.17) is 22.1 Å². The van der Waals surface area contributed by atoms with E-state index < -0.39 is 0 Å². The lowest BCUT2D eigenvalue weighted by Gasteiger charge is -2.10. The monoisotopic (exact) mass is 264 g/mol. The molecule has 5 nitrogen and oxygen atoms in total. The molecule has 0 bridgehead atoms. The van der Waals surface area contributed by atoms with Gasteiger partial charge in [0.05, 0.1) is 0 Å². The van der Waals surface area contributed by atoms with E-state index >= 15 is 0 Å². The molecule has 1 heterocycles. The molecular formula is C12H13ClN4O. The maximum Gasteiger partial charge on any atom is 0.328 e. The lowest BCUT2D eigenvalue weighted by Crippen LogP contribution is -2.01. The van der Waals surface area contributed by atoms with Crippen LogP contribution >= 0.6 is 11.6 Å². The molecule has 1 aromatic carbocycles.